The van der Waals surface area contributed by atoms with Gasteiger partial charge in [-0.05, 0) is 36.7 Å². The zero-order valence-corrected chi connectivity index (χ0v) is 10.5. The summed E-state index contributed by atoms with van der Waals surface area (Å²) < 4.78 is 2.02. The molecular formula is C10H14BrNOS. The quantitative estimate of drug-likeness (QED) is 0.660. The molecule has 1 rings (SSSR count). The molecule has 0 heterocycles. The Morgan fingerprint density at radius 1 is 1.36 bits per heavy atom. The molecule has 0 saturated heterocycles. The molecule has 14 heavy (non-hydrogen) atoms. The van der Waals surface area contributed by atoms with Crippen LogP contribution in [0.15, 0.2) is 29.2 Å². The van der Waals surface area contributed by atoms with Gasteiger partial charge in [-0.2, -0.15) is 0 Å². The molecular weight excluding hydrogens is 262 g/mol. The van der Waals surface area contributed by atoms with E-state index < -0.39 is 0 Å². The molecule has 0 spiro atoms. The fraction of sp³-hybridized carbons (Fsp3) is 0.400. The molecule has 0 aromatic heterocycles. The van der Waals surface area contributed by atoms with Gasteiger partial charge in [-0.15, -0.1) is 0 Å². The van der Waals surface area contributed by atoms with Crippen molar-refractivity contribution < 1.29 is 5.11 Å². The molecule has 0 atom stereocenters. The summed E-state index contributed by atoms with van der Waals surface area (Å²) in [5, 5.41) is 9.63. The third-order valence-corrected chi connectivity index (χ3v) is 3.38. The molecule has 0 fully saturated rings. The number of hydrogen-bond acceptors (Lipinski definition) is 3. The molecule has 0 bridgehead atoms. The molecule has 0 aliphatic heterocycles. The van der Waals surface area contributed by atoms with E-state index in [0.29, 0.717) is 6.54 Å². The Hall–Kier alpha value is -0.0300. The first-order chi connectivity index (χ1) is 6.76. The summed E-state index contributed by atoms with van der Waals surface area (Å²) in [5.41, 5.74) is 1.28. The number of likely N-dealkylation sites (N-methyl/N-ethyl adjacent to an activating group) is 1. The van der Waals surface area contributed by atoms with E-state index in [9.17, 15) is 0 Å². The van der Waals surface area contributed by atoms with Crippen LogP contribution in [0, 0.1) is 0 Å². The highest BCUT2D eigenvalue weighted by Gasteiger charge is 2.00. The van der Waals surface area contributed by atoms with Gasteiger partial charge in [0.1, 0.15) is 0 Å². The fourth-order valence-electron chi connectivity index (χ4n) is 1.01. The molecule has 78 valence electrons. The summed E-state index contributed by atoms with van der Waals surface area (Å²) in [6, 6.07) is 8.39. The van der Waals surface area contributed by atoms with Crippen LogP contribution in [-0.4, -0.2) is 29.6 Å². The fourth-order valence-corrected chi connectivity index (χ4v) is 2.17. The van der Waals surface area contributed by atoms with Gasteiger partial charge < -0.3 is 5.11 Å². The number of aliphatic hydroxyl groups excluding tert-OH is 1. The Kier molecular flexibility index (Phi) is 5.55. The van der Waals surface area contributed by atoms with Gasteiger partial charge in [0, 0.05) is 16.8 Å². The van der Waals surface area contributed by atoms with E-state index in [-0.39, 0.29) is 6.61 Å². The molecule has 0 amide bonds. The Labute approximate surface area is 97.6 Å². The van der Waals surface area contributed by atoms with Crippen molar-refractivity contribution in [3.8, 4) is 0 Å². The number of hydrogen-bond donors (Lipinski definition) is 1. The van der Waals surface area contributed by atoms with Crippen LogP contribution in [-0.2, 0) is 5.33 Å². The average molecular weight is 276 g/mol. The summed E-state index contributed by atoms with van der Waals surface area (Å²) in [4.78, 5) is 1.20. The predicted molar refractivity (Wildman–Crippen MR) is 64.6 cm³/mol. The van der Waals surface area contributed by atoms with Crippen molar-refractivity contribution in [1.29, 1.82) is 0 Å². The van der Waals surface area contributed by atoms with Crippen molar-refractivity contribution in [2.24, 2.45) is 0 Å². The van der Waals surface area contributed by atoms with Gasteiger partial charge in [-0.3, -0.25) is 0 Å². The second-order valence-electron chi connectivity index (χ2n) is 2.94. The van der Waals surface area contributed by atoms with Crippen LogP contribution in [0.25, 0.3) is 0 Å². The minimum atomic E-state index is 0.197. The van der Waals surface area contributed by atoms with Crippen LogP contribution in [0.1, 0.15) is 5.56 Å². The molecule has 2 nitrogen and oxygen atoms in total. The first kappa shape index (κ1) is 12.0. The number of benzene rings is 1. The molecule has 0 saturated carbocycles. The Morgan fingerprint density at radius 2 is 2.00 bits per heavy atom. The van der Waals surface area contributed by atoms with Crippen LogP contribution >= 0.6 is 27.9 Å². The van der Waals surface area contributed by atoms with Crippen molar-refractivity contribution >= 4 is 27.9 Å². The van der Waals surface area contributed by atoms with E-state index in [0.717, 1.165) is 5.33 Å². The molecule has 0 radical (unpaired) electrons. The zero-order chi connectivity index (χ0) is 10.4. The largest absolute Gasteiger partial charge is 0.395 e. The molecule has 1 aromatic carbocycles. The van der Waals surface area contributed by atoms with Crippen LogP contribution in [0.4, 0.5) is 0 Å². The molecule has 0 aliphatic rings. The third kappa shape index (κ3) is 4.00. The maximum absolute atomic E-state index is 8.74. The van der Waals surface area contributed by atoms with Gasteiger partial charge in [0.25, 0.3) is 0 Å². The van der Waals surface area contributed by atoms with E-state index in [4.69, 9.17) is 5.11 Å². The van der Waals surface area contributed by atoms with Crippen molar-refractivity contribution in [2.45, 2.75) is 10.2 Å². The van der Waals surface area contributed by atoms with Gasteiger partial charge in [-0.1, -0.05) is 28.1 Å². The summed E-state index contributed by atoms with van der Waals surface area (Å²) in [7, 11) is 1.97. The number of nitrogens with zero attached hydrogens (tertiary/aromatic N) is 1. The van der Waals surface area contributed by atoms with E-state index in [1.165, 1.54) is 10.5 Å². The summed E-state index contributed by atoms with van der Waals surface area (Å²) in [6.07, 6.45) is 0. The first-order valence-corrected chi connectivity index (χ1v) is 6.30. The van der Waals surface area contributed by atoms with Crippen LogP contribution in [0.3, 0.4) is 0 Å². The van der Waals surface area contributed by atoms with Crippen molar-refractivity contribution in [3.63, 3.8) is 0 Å². The van der Waals surface area contributed by atoms with Crippen molar-refractivity contribution in [2.75, 3.05) is 20.2 Å². The first-order valence-electron chi connectivity index (χ1n) is 4.41. The Morgan fingerprint density at radius 3 is 2.50 bits per heavy atom. The van der Waals surface area contributed by atoms with Gasteiger partial charge in [0.2, 0.25) is 0 Å². The number of aliphatic hydroxyl groups is 1. The lowest BCUT2D eigenvalue weighted by Gasteiger charge is -2.13. The normalized spacial score (nSPS) is 10.9. The highest BCUT2D eigenvalue weighted by molar-refractivity contribution is 9.08. The van der Waals surface area contributed by atoms with E-state index in [1.54, 1.807) is 11.9 Å². The predicted octanol–water partition coefficient (Wildman–Crippen LogP) is 2.51. The second kappa shape index (κ2) is 6.45. The van der Waals surface area contributed by atoms with Gasteiger partial charge in [0.05, 0.1) is 6.61 Å². The van der Waals surface area contributed by atoms with E-state index >= 15 is 0 Å². The Bertz CT molecular complexity index is 265. The molecule has 1 N–H and O–H groups in total. The van der Waals surface area contributed by atoms with E-state index in [2.05, 4.69) is 40.2 Å². The summed E-state index contributed by atoms with van der Waals surface area (Å²) in [5.74, 6) is 0. The Balaban J connectivity index is 2.50. The zero-order valence-electron chi connectivity index (χ0n) is 8.11. The van der Waals surface area contributed by atoms with Crippen LogP contribution in [0.2, 0.25) is 0 Å². The third-order valence-electron chi connectivity index (χ3n) is 1.75. The minimum Gasteiger partial charge on any atom is -0.395 e. The summed E-state index contributed by atoms with van der Waals surface area (Å²) >= 11 is 5.05. The lowest BCUT2D eigenvalue weighted by atomic mass is 10.2. The standard InChI is InChI=1S/C10H14BrNOS/c1-12(6-7-13)14-10-4-2-9(8-11)3-5-10/h2-5,13H,6-8H2,1H3. The number of halogens is 1. The highest BCUT2D eigenvalue weighted by atomic mass is 79.9. The smallest absolute Gasteiger partial charge is 0.0567 e. The molecule has 0 aliphatic carbocycles. The van der Waals surface area contributed by atoms with Gasteiger partial charge in [-0.25, -0.2) is 4.31 Å². The topological polar surface area (TPSA) is 23.5 Å². The maximum Gasteiger partial charge on any atom is 0.0567 e. The monoisotopic (exact) mass is 275 g/mol. The minimum absolute atomic E-state index is 0.197. The van der Waals surface area contributed by atoms with E-state index in [1.807, 2.05) is 11.4 Å². The SMILES string of the molecule is CN(CCO)Sc1ccc(CBr)cc1. The van der Waals surface area contributed by atoms with Crippen LogP contribution < -0.4 is 0 Å². The maximum atomic E-state index is 8.74. The number of alkyl halides is 1. The number of rotatable bonds is 5. The van der Waals surface area contributed by atoms with Gasteiger partial charge in [0.15, 0.2) is 0 Å². The summed E-state index contributed by atoms with van der Waals surface area (Å²) in [6.45, 7) is 0.883. The lowest BCUT2D eigenvalue weighted by Crippen LogP contribution is -2.13. The highest BCUT2D eigenvalue weighted by Crippen LogP contribution is 2.21. The molecule has 1 aromatic rings. The molecule has 4 heteroatoms. The lowest BCUT2D eigenvalue weighted by molar-refractivity contribution is 0.273. The second-order valence-corrected chi connectivity index (χ2v) is 4.78. The van der Waals surface area contributed by atoms with Crippen LogP contribution in [0.5, 0.6) is 0 Å². The molecule has 0 unspecified atom stereocenters. The average Bonchev–Trinajstić information content (AvgIpc) is 2.19. The van der Waals surface area contributed by atoms with Crippen molar-refractivity contribution in [3.05, 3.63) is 29.8 Å². The van der Waals surface area contributed by atoms with Crippen molar-refractivity contribution in [1.82, 2.24) is 4.31 Å². The van der Waals surface area contributed by atoms with Gasteiger partial charge >= 0.3 is 0 Å².